The van der Waals surface area contributed by atoms with E-state index in [1.165, 1.54) is 11.1 Å². The Labute approximate surface area is 160 Å². The smallest absolute Gasteiger partial charge is 0.307 e. The lowest BCUT2D eigenvalue weighted by atomic mass is 10.0. The number of nitrogens with one attached hydrogen (secondary N) is 1. The summed E-state index contributed by atoms with van der Waals surface area (Å²) in [6, 6.07) is 8.72. The maximum atomic E-state index is 12.3. The maximum Gasteiger partial charge on any atom is 0.307 e. The highest BCUT2D eigenvalue weighted by Gasteiger charge is 2.25. The van der Waals surface area contributed by atoms with E-state index in [2.05, 4.69) is 53.3 Å². The molecule has 1 aromatic heterocycles. The number of rotatable bonds is 7. The van der Waals surface area contributed by atoms with Crippen LogP contribution in [-0.2, 0) is 24.2 Å². The molecule has 0 unspecified atom stereocenters. The van der Waals surface area contributed by atoms with Crippen LogP contribution in [0.2, 0.25) is 0 Å². The molecule has 6 nitrogen and oxygen atoms in total. The van der Waals surface area contributed by atoms with Gasteiger partial charge in [-0.1, -0.05) is 38.1 Å². The van der Waals surface area contributed by atoms with Crippen LogP contribution in [0.25, 0.3) is 0 Å². The highest BCUT2D eigenvalue weighted by Crippen LogP contribution is 2.22. The Kier molecular flexibility index (Phi) is 6.29. The fourth-order valence-electron chi connectivity index (χ4n) is 3.33. The van der Waals surface area contributed by atoms with Crippen molar-refractivity contribution in [1.29, 1.82) is 0 Å². The molecule has 0 saturated heterocycles. The van der Waals surface area contributed by atoms with Crippen LogP contribution in [0.1, 0.15) is 60.0 Å². The van der Waals surface area contributed by atoms with Gasteiger partial charge in [0.2, 0.25) is 0 Å². The van der Waals surface area contributed by atoms with E-state index in [-0.39, 0.29) is 17.8 Å². The summed E-state index contributed by atoms with van der Waals surface area (Å²) in [5.74, 6) is 1.23. The Morgan fingerprint density at radius 3 is 2.70 bits per heavy atom. The van der Waals surface area contributed by atoms with Crippen LogP contribution < -0.4 is 5.32 Å². The van der Waals surface area contributed by atoms with E-state index in [0.29, 0.717) is 19.1 Å². The second-order valence-electron chi connectivity index (χ2n) is 7.58. The molecule has 3 rings (SSSR count). The van der Waals surface area contributed by atoms with Gasteiger partial charge in [-0.05, 0) is 24.0 Å². The lowest BCUT2D eigenvalue weighted by molar-refractivity contribution is 0.0869. The molecule has 0 aliphatic carbocycles. The van der Waals surface area contributed by atoms with Gasteiger partial charge in [0, 0.05) is 39.2 Å². The summed E-state index contributed by atoms with van der Waals surface area (Å²) in [6.07, 6.45) is 0.771. The van der Waals surface area contributed by atoms with Crippen molar-refractivity contribution in [2.45, 2.75) is 52.2 Å². The monoisotopic (exact) mass is 371 g/mol. The number of methoxy groups -OCH3 is 1. The van der Waals surface area contributed by atoms with Gasteiger partial charge in [0.15, 0.2) is 0 Å². The molecule has 0 spiro atoms. The third-order valence-corrected chi connectivity index (χ3v) is 4.85. The molecule has 0 saturated carbocycles. The molecule has 0 radical (unpaired) electrons. The molecule has 0 fully saturated rings. The zero-order chi connectivity index (χ0) is 19.4. The molecule has 1 N–H and O–H groups in total. The number of fused-ring (bicyclic) bond motifs is 1. The van der Waals surface area contributed by atoms with Gasteiger partial charge in [0.05, 0.1) is 12.3 Å². The molecule has 2 heterocycles. The minimum absolute atomic E-state index is 0.0864. The second-order valence-corrected chi connectivity index (χ2v) is 7.58. The van der Waals surface area contributed by atoms with Crippen molar-refractivity contribution in [1.82, 2.24) is 15.2 Å². The first-order chi connectivity index (χ1) is 13.0. The summed E-state index contributed by atoms with van der Waals surface area (Å²) >= 11 is 0. The van der Waals surface area contributed by atoms with Gasteiger partial charge in [-0.25, -0.2) is 4.98 Å². The van der Waals surface area contributed by atoms with E-state index in [0.717, 1.165) is 31.0 Å². The molecule has 146 valence electrons. The maximum absolute atomic E-state index is 12.3. The molecule has 1 aromatic carbocycles. The second kappa shape index (κ2) is 8.67. The van der Waals surface area contributed by atoms with Crippen LogP contribution in [0.15, 0.2) is 28.7 Å². The molecule has 1 atom stereocenters. The Balaban J connectivity index is 1.61. The SMILES string of the molecule is COC[C@H](C)NC(=O)c1nc2c(o1)CCN(Cc1ccc(C(C)C)cc1)C2. The number of benzene rings is 1. The van der Waals surface area contributed by atoms with Crippen molar-refractivity contribution in [2.75, 3.05) is 20.3 Å². The van der Waals surface area contributed by atoms with E-state index >= 15 is 0 Å². The van der Waals surface area contributed by atoms with Crippen LogP contribution in [0, 0.1) is 0 Å². The van der Waals surface area contributed by atoms with Crippen molar-refractivity contribution < 1.29 is 13.9 Å². The number of carbonyl (C=O) groups is 1. The predicted molar refractivity (Wildman–Crippen MR) is 104 cm³/mol. The van der Waals surface area contributed by atoms with Crippen LogP contribution in [0.5, 0.6) is 0 Å². The summed E-state index contributed by atoms with van der Waals surface area (Å²) in [5.41, 5.74) is 3.51. The van der Waals surface area contributed by atoms with Gasteiger partial charge in [-0.15, -0.1) is 0 Å². The number of amides is 1. The molecule has 0 bridgehead atoms. The first kappa shape index (κ1) is 19.6. The molecule has 27 heavy (non-hydrogen) atoms. The lowest BCUT2D eigenvalue weighted by Gasteiger charge is -2.25. The molecule has 1 aliphatic heterocycles. The van der Waals surface area contributed by atoms with Crippen LogP contribution in [0.3, 0.4) is 0 Å². The average Bonchev–Trinajstić information content (AvgIpc) is 3.06. The van der Waals surface area contributed by atoms with Gasteiger partial charge in [0.1, 0.15) is 5.76 Å². The first-order valence-electron chi connectivity index (χ1n) is 9.55. The molecule has 6 heteroatoms. The van der Waals surface area contributed by atoms with Gasteiger partial charge in [0.25, 0.3) is 5.89 Å². The number of hydrogen-bond donors (Lipinski definition) is 1. The average molecular weight is 371 g/mol. The highest BCUT2D eigenvalue weighted by atomic mass is 16.5. The van der Waals surface area contributed by atoms with Crippen molar-refractivity contribution in [3.05, 3.63) is 52.7 Å². The number of ether oxygens (including phenoxy) is 1. The summed E-state index contributed by atoms with van der Waals surface area (Å²) in [5, 5.41) is 2.84. The normalized spacial score (nSPS) is 15.6. The Hall–Kier alpha value is -2.18. The molecule has 1 amide bonds. The van der Waals surface area contributed by atoms with Crippen molar-refractivity contribution >= 4 is 5.91 Å². The zero-order valence-corrected chi connectivity index (χ0v) is 16.6. The number of nitrogens with zero attached hydrogens (tertiary/aromatic N) is 2. The minimum Gasteiger partial charge on any atom is -0.437 e. The molecule has 2 aromatic rings. The minimum atomic E-state index is -0.287. The van der Waals surface area contributed by atoms with Gasteiger partial charge < -0.3 is 14.5 Å². The highest BCUT2D eigenvalue weighted by molar-refractivity contribution is 5.89. The van der Waals surface area contributed by atoms with Crippen LogP contribution in [0.4, 0.5) is 0 Å². The Bertz CT molecular complexity index is 767. The Morgan fingerprint density at radius 2 is 2.04 bits per heavy atom. The number of aromatic nitrogens is 1. The van der Waals surface area contributed by atoms with Crippen LogP contribution in [-0.4, -0.2) is 42.1 Å². The summed E-state index contributed by atoms with van der Waals surface area (Å²) in [6.45, 7) is 9.22. The molecule has 1 aliphatic rings. The van der Waals surface area contributed by atoms with E-state index in [1.807, 2.05) is 6.92 Å². The molecular formula is C21H29N3O3. The Morgan fingerprint density at radius 1 is 1.30 bits per heavy atom. The van der Waals surface area contributed by atoms with Crippen molar-refractivity contribution in [3.63, 3.8) is 0 Å². The van der Waals surface area contributed by atoms with Crippen LogP contribution >= 0.6 is 0 Å². The third-order valence-electron chi connectivity index (χ3n) is 4.85. The standard InChI is InChI=1S/C21H29N3O3/c1-14(2)17-7-5-16(6-8-17)11-24-10-9-19-18(12-24)23-21(27-19)20(25)22-15(3)13-26-4/h5-8,14-15H,9-13H2,1-4H3,(H,22,25)/t15-/m0/s1. The lowest BCUT2D eigenvalue weighted by Crippen LogP contribution is -2.35. The summed E-state index contributed by atoms with van der Waals surface area (Å²) in [7, 11) is 1.61. The number of carbonyl (C=O) groups excluding carboxylic acids is 1. The summed E-state index contributed by atoms with van der Waals surface area (Å²) in [4.78, 5) is 19.0. The number of oxazole rings is 1. The number of hydrogen-bond acceptors (Lipinski definition) is 5. The summed E-state index contributed by atoms with van der Waals surface area (Å²) < 4.78 is 10.7. The third kappa shape index (κ3) is 4.96. The van der Waals surface area contributed by atoms with Gasteiger partial charge >= 0.3 is 5.91 Å². The first-order valence-corrected chi connectivity index (χ1v) is 9.55. The van der Waals surface area contributed by atoms with Crippen molar-refractivity contribution in [2.24, 2.45) is 0 Å². The molecular weight excluding hydrogens is 342 g/mol. The zero-order valence-electron chi connectivity index (χ0n) is 16.6. The predicted octanol–water partition coefficient (Wildman–Crippen LogP) is 3.12. The van der Waals surface area contributed by atoms with Crippen molar-refractivity contribution in [3.8, 4) is 0 Å². The van der Waals surface area contributed by atoms with E-state index in [1.54, 1.807) is 7.11 Å². The van der Waals surface area contributed by atoms with E-state index in [9.17, 15) is 4.79 Å². The van der Waals surface area contributed by atoms with E-state index < -0.39 is 0 Å². The van der Waals surface area contributed by atoms with E-state index in [4.69, 9.17) is 9.15 Å². The topological polar surface area (TPSA) is 67.6 Å². The fourth-order valence-corrected chi connectivity index (χ4v) is 3.33. The fraction of sp³-hybridized carbons (Fsp3) is 0.524. The van der Waals surface area contributed by atoms with Gasteiger partial charge in [-0.3, -0.25) is 9.69 Å². The quantitative estimate of drug-likeness (QED) is 0.810. The van der Waals surface area contributed by atoms with Gasteiger partial charge in [-0.2, -0.15) is 0 Å². The largest absolute Gasteiger partial charge is 0.437 e.